The number of amides is 1. The number of carbonyl (C=O) groups excluding carboxylic acids is 1. The minimum Gasteiger partial charge on any atom is -0.380 e. The molecular formula is C13H26N2O2. The van der Waals surface area contributed by atoms with Crippen LogP contribution >= 0.6 is 0 Å². The number of hydrogen-bond acceptors (Lipinski definition) is 3. The molecular weight excluding hydrogens is 216 g/mol. The Morgan fingerprint density at radius 1 is 1.18 bits per heavy atom. The first-order chi connectivity index (χ1) is 8.24. The van der Waals surface area contributed by atoms with Gasteiger partial charge in [-0.3, -0.25) is 9.69 Å². The summed E-state index contributed by atoms with van der Waals surface area (Å²) in [5, 5.41) is 0. The van der Waals surface area contributed by atoms with Crippen LogP contribution in [0.5, 0.6) is 0 Å². The lowest BCUT2D eigenvalue weighted by Gasteiger charge is -2.20. The Morgan fingerprint density at radius 3 is 2.71 bits per heavy atom. The van der Waals surface area contributed by atoms with Crippen molar-refractivity contribution in [3.63, 3.8) is 0 Å². The van der Waals surface area contributed by atoms with Crippen molar-refractivity contribution in [1.29, 1.82) is 0 Å². The van der Waals surface area contributed by atoms with Crippen molar-refractivity contribution >= 4 is 5.91 Å². The van der Waals surface area contributed by atoms with Crippen molar-refractivity contribution in [2.45, 2.75) is 33.1 Å². The van der Waals surface area contributed by atoms with Crippen molar-refractivity contribution in [2.24, 2.45) is 0 Å². The fourth-order valence-electron chi connectivity index (χ4n) is 2.05. The molecule has 1 heterocycles. The molecule has 1 rings (SSSR count). The molecule has 0 aromatic rings. The van der Waals surface area contributed by atoms with E-state index in [-0.39, 0.29) is 5.91 Å². The van der Waals surface area contributed by atoms with Crippen molar-refractivity contribution < 1.29 is 9.53 Å². The SMILES string of the molecule is CCCCOCCN1CCCN(C(C)=O)CC1. The standard InChI is InChI=1S/C13H26N2O2/c1-3-4-11-17-12-10-14-6-5-7-15(9-8-14)13(2)16/h3-12H2,1-2H3. The van der Waals surface area contributed by atoms with Crippen LogP contribution in [0.4, 0.5) is 0 Å². The van der Waals surface area contributed by atoms with Crippen LogP contribution in [-0.4, -0.2) is 61.6 Å². The van der Waals surface area contributed by atoms with Crippen LogP contribution in [-0.2, 0) is 9.53 Å². The van der Waals surface area contributed by atoms with E-state index in [9.17, 15) is 4.79 Å². The first-order valence-corrected chi connectivity index (χ1v) is 6.79. The highest BCUT2D eigenvalue weighted by atomic mass is 16.5. The van der Waals surface area contributed by atoms with Crippen LogP contribution in [0.2, 0.25) is 0 Å². The molecule has 0 saturated carbocycles. The zero-order valence-corrected chi connectivity index (χ0v) is 11.3. The zero-order valence-electron chi connectivity index (χ0n) is 11.3. The molecule has 0 bridgehead atoms. The van der Waals surface area contributed by atoms with Gasteiger partial charge in [0.15, 0.2) is 0 Å². The predicted molar refractivity (Wildman–Crippen MR) is 69.0 cm³/mol. The summed E-state index contributed by atoms with van der Waals surface area (Å²) in [6.45, 7) is 10.4. The van der Waals surface area contributed by atoms with Gasteiger partial charge in [-0.25, -0.2) is 0 Å². The van der Waals surface area contributed by atoms with Crippen molar-refractivity contribution in [3.8, 4) is 0 Å². The highest BCUT2D eigenvalue weighted by molar-refractivity contribution is 5.73. The van der Waals surface area contributed by atoms with Gasteiger partial charge in [0.25, 0.3) is 0 Å². The van der Waals surface area contributed by atoms with E-state index in [0.717, 1.165) is 58.8 Å². The number of nitrogens with zero attached hydrogens (tertiary/aromatic N) is 2. The quantitative estimate of drug-likeness (QED) is 0.659. The largest absolute Gasteiger partial charge is 0.380 e. The number of unbranched alkanes of at least 4 members (excludes halogenated alkanes) is 1. The van der Waals surface area contributed by atoms with E-state index in [0.29, 0.717) is 0 Å². The summed E-state index contributed by atoms with van der Waals surface area (Å²) in [7, 11) is 0. The third-order valence-electron chi connectivity index (χ3n) is 3.23. The molecule has 0 N–H and O–H groups in total. The average molecular weight is 242 g/mol. The molecule has 4 heteroatoms. The van der Waals surface area contributed by atoms with Gasteiger partial charge < -0.3 is 9.64 Å². The fourth-order valence-corrected chi connectivity index (χ4v) is 2.05. The van der Waals surface area contributed by atoms with Crippen LogP contribution in [0, 0.1) is 0 Å². The van der Waals surface area contributed by atoms with Crippen LogP contribution in [0.1, 0.15) is 33.1 Å². The minimum atomic E-state index is 0.200. The van der Waals surface area contributed by atoms with Crippen LogP contribution in [0.25, 0.3) is 0 Å². The fraction of sp³-hybridized carbons (Fsp3) is 0.923. The number of ether oxygens (including phenoxy) is 1. The van der Waals surface area contributed by atoms with Gasteiger partial charge in [-0.15, -0.1) is 0 Å². The van der Waals surface area contributed by atoms with Crippen molar-refractivity contribution in [2.75, 3.05) is 45.9 Å². The molecule has 1 aliphatic heterocycles. The maximum atomic E-state index is 11.3. The monoisotopic (exact) mass is 242 g/mol. The smallest absolute Gasteiger partial charge is 0.219 e. The summed E-state index contributed by atoms with van der Waals surface area (Å²) in [4.78, 5) is 15.6. The molecule has 1 aliphatic rings. The number of rotatable bonds is 6. The first kappa shape index (κ1) is 14.5. The third kappa shape index (κ3) is 6.03. The molecule has 4 nitrogen and oxygen atoms in total. The normalized spacial score (nSPS) is 18.1. The van der Waals surface area contributed by atoms with Gasteiger partial charge in [0.05, 0.1) is 6.61 Å². The zero-order chi connectivity index (χ0) is 12.5. The summed E-state index contributed by atoms with van der Waals surface area (Å²) in [6, 6.07) is 0. The molecule has 0 aromatic carbocycles. The van der Waals surface area contributed by atoms with E-state index in [4.69, 9.17) is 4.74 Å². The molecule has 1 saturated heterocycles. The Hall–Kier alpha value is -0.610. The van der Waals surface area contributed by atoms with E-state index in [1.807, 2.05) is 4.90 Å². The lowest BCUT2D eigenvalue weighted by molar-refractivity contribution is -0.128. The van der Waals surface area contributed by atoms with Gasteiger partial charge in [0.1, 0.15) is 0 Å². The molecule has 0 atom stereocenters. The Morgan fingerprint density at radius 2 is 2.00 bits per heavy atom. The van der Waals surface area contributed by atoms with Gasteiger partial charge in [-0.2, -0.15) is 0 Å². The van der Waals surface area contributed by atoms with E-state index in [1.54, 1.807) is 6.92 Å². The van der Waals surface area contributed by atoms with Gasteiger partial charge in [0.2, 0.25) is 5.91 Å². The number of hydrogen-bond donors (Lipinski definition) is 0. The van der Waals surface area contributed by atoms with E-state index < -0.39 is 0 Å². The lowest BCUT2D eigenvalue weighted by atomic mass is 10.3. The third-order valence-corrected chi connectivity index (χ3v) is 3.23. The minimum absolute atomic E-state index is 0.200. The Labute approximate surface area is 105 Å². The van der Waals surface area contributed by atoms with Gasteiger partial charge in [-0.1, -0.05) is 13.3 Å². The summed E-state index contributed by atoms with van der Waals surface area (Å²) < 4.78 is 5.57. The second kappa shape index (κ2) is 8.48. The Bertz CT molecular complexity index is 221. The summed E-state index contributed by atoms with van der Waals surface area (Å²) in [5.74, 6) is 0.200. The maximum Gasteiger partial charge on any atom is 0.219 e. The molecule has 0 unspecified atom stereocenters. The second-order valence-corrected chi connectivity index (χ2v) is 4.67. The Kier molecular flexibility index (Phi) is 7.21. The molecule has 1 fully saturated rings. The molecule has 0 aromatic heterocycles. The second-order valence-electron chi connectivity index (χ2n) is 4.67. The average Bonchev–Trinajstić information content (AvgIpc) is 2.54. The molecule has 1 amide bonds. The van der Waals surface area contributed by atoms with Crippen LogP contribution < -0.4 is 0 Å². The summed E-state index contributed by atoms with van der Waals surface area (Å²) in [6.07, 6.45) is 3.42. The molecule has 100 valence electrons. The summed E-state index contributed by atoms with van der Waals surface area (Å²) in [5.41, 5.74) is 0. The highest BCUT2D eigenvalue weighted by Crippen LogP contribution is 2.03. The van der Waals surface area contributed by atoms with Gasteiger partial charge in [-0.05, 0) is 19.4 Å². The van der Waals surface area contributed by atoms with E-state index >= 15 is 0 Å². The molecule has 0 spiro atoms. The number of carbonyl (C=O) groups is 1. The van der Waals surface area contributed by atoms with Crippen molar-refractivity contribution in [1.82, 2.24) is 9.80 Å². The molecule has 0 aliphatic carbocycles. The lowest BCUT2D eigenvalue weighted by Crippen LogP contribution is -2.34. The highest BCUT2D eigenvalue weighted by Gasteiger charge is 2.15. The van der Waals surface area contributed by atoms with Gasteiger partial charge in [0, 0.05) is 39.7 Å². The summed E-state index contributed by atoms with van der Waals surface area (Å²) >= 11 is 0. The van der Waals surface area contributed by atoms with Crippen molar-refractivity contribution in [3.05, 3.63) is 0 Å². The topological polar surface area (TPSA) is 32.8 Å². The van der Waals surface area contributed by atoms with E-state index in [2.05, 4.69) is 11.8 Å². The maximum absolute atomic E-state index is 11.3. The molecule has 17 heavy (non-hydrogen) atoms. The first-order valence-electron chi connectivity index (χ1n) is 6.79. The molecule has 0 radical (unpaired) electrons. The van der Waals surface area contributed by atoms with Crippen LogP contribution in [0.15, 0.2) is 0 Å². The van der Waals surface area contributed by atoms with Crippen LogP contribution in [0.3, 0.4) is 0 Å². The van der Waals surface area contributed by atoms with E-state index in [1.165, 1.54) is 6.42 Å². The Balaban J connectivity index is 2.11. The van der Waals surface area contributed by atoms with Gasteiger partial charge >= 0.3 is 0 Å². The predicted octanol–water partition coefficient (Wildman–Crippen LogP) is 1.36.